The van der Waals surface area contributed by atoms with E-state index in [1.165, 1.54) is 29.1 Å². The molecular formula is C19H15ClF3N3O2. The van der Waals surface area contributed by atoms with Crippen LogP contribution < -0.4 is 10.1 Å². The highest BCUT2D eigenvalue weighted by Gasteiger charge is 2.30. The van der Waals surface area contributed by atoms with Crippen LogP contribution in [0.2, 0.25) is 5.02 Å². The summed E-state index contributed by atoms with van der Waals surface area (Å²) in [6.45, 7) is 1.68. The predicted molar refractivity (Wildman–Crippen MR) is 98.4 cm³/mol. The molecular weight excluding hydrogens is 395 g/mol. The van der Waals surface area contributed by atoms with Crippen molar-refractivity contribution in [3.8, 4) is 5.75 Å². The molecule has 146 valence electrons. The predicted octanol–water partition coefficient (Wildman–Crippen LogP) is 5.15. The minimum atomic E-state index is -4.45. The molecule has 2 aromatic carbocycles. The highest BCUT2D eigenvalue weighted by atomic mass is 35.5. The molecule has 1 heterocycles. The number of hydrogen-bond donors (Lipinski definition) is 1. The lowest BCUT2D eigenvalue weighted by atomic mass is 10.2. The molecule has 5 nitrogen and oxygen atoms in total. The van der Waals surface area contributed by atoms with Gasteiger partial charge in [0.1, 0.15) is 5.75 Å². The number of nitrogens with one attached hydrogen (secondary N) is 1. The summed E-state index contributed by atoms with van der Waals surface area (Å²) in [4.78, 5) is 12.3. The van der Waals surface area contributed by atoms with Crippen molar-refractivity contribution < 1.29 is 22.7 Å². The van der Waals surface area contributed by atoms with Gasteiger partial charge in [-0.3, -0.25) is 4.79 Å². The third kappa shape index (κ3) is 4.83. The molecule has 28 heavy (non-hydrogen) atoms. The maximum absolute atomic E-state index is 12.7. The van der Waals surface area contributed by atoms with Gasteiger partial charge in [0.15, 0.2) is 12.4 Å². The summed E-state index contributed by atoms with van der Waals surface area (Å²) in [5.74, 6) is -0.394. The first kappa shape index (κ1) is 19.8. The van der Waals surface area contributed by atoms with Gasteiger partial charge in [-0.2, -0.15) is 18.3 Å². The number of aryl methyl sites for hydroxylation is 1. The van der Waals surface area contributed by atoms with Gasteiger partial charge in [0.2, 0.25) is 0 Å². The Bertz CT molecular complexity index is 1000. The van der Waals surface area contributed by atoms with Crippen molar-refractivity contribution in [2.24, 2.45) is 0 Å². The molecule has 0 aliphatic heterocycles. The zero-order valence-electron chi connectivity index (χ0n) is 14.6. The summed E-state index contributed by atoms with van der Waals surface area (Å²) in [7, 11) is 0. The number of amides is 1. The molecule has 0 spiro atoms. The van der Waals surface area contributed by atoms with E-state index in [1.54, 1.807) is 18.2 Å². The van der Waals surface area contributed by atoms with Gasteiger partial charge < -0.3 is 10.1 Å². The van der Waals surface area contributed by atoms with Crippen molar-refractivity contribution >= 4 is 23.2 Å². The van der Waals surface area contributed by atoms with Gasteiger partial charge in [0.25, 0.3) is 5.91 Å². The Kier molecular flexibility index (Phi) is 5.60. The number of nitrogens with zero attached hydrogens (tertiary/aromatic N) is 2. The zero-order chi connectivity index (χ0) is 20.3. The third-order valence-corrected chi connectivity index (χ3v) is 4.08. The standard InChI is InChI=1S/C19H15ClF3N3O2/c1-12-5-6-14(20)10-17(12)24-18(27)16-7-8-26(25-16)11-28-15-4-2-3-13(9-15)19(21,22)23/h2-10H,11H2,1H3,(H,24,27). The smallest absolute Gasteiger partial charge is 0.416 e. The lowest BCUT2D eigenvalue weighted by Crippen LogP contribution is -2.15. The molecule has 0 saturated heterocycles. The monoisotopic (exact) mass is 409 g/mol. The average molecular weight is 410 g/mol. The summed E-state index contributed by atoms with van der Waals surface area (Å²) in [5, 5.41) is 7.27. The molecule has 0 saturated carbocycles. The van der Waals surface area contributed by atoms with E-state index < -0.39 is 17.6 Å². The van der Waals surface area contributed by atoms with E-state index >= 15 is 0 Å². The quantitative estimate of drug-likeness (QED) is 0.633. The molecule has 1 aromatic heterocycles. The molecule has 3 aromatic rings. The van der Waals surface area contributed by atoms with Crippen molar-refractivity contribution in [3.63, 3.8) is 0 Å². The Morgan fingerprint density at radius 1 is 1.21 bits per heavy atom. The lowest BCUT2D eigenvalue weighted by molar-refractivity contribution is -0.137. The van der Waals surface area contributed by atoms with Crippen LogP contribution >= 0.6 is 11.6 Å². The lowest BCUT2D eigenvalue weighted by Gasteiger charge is -2.10. The highest BCUT2D eigenvalue weighted by Crippen LogP contribution is 2.31. The molecule has 1 amide bonds. The molecule has 1 N–H and O–H groups in total. The largest absolute Gasteiger partial charge is 0.471 e. The maximum Gasteiger partial charge on any atom is 0.416 e. The van der Waals surface area contributed by atoms with E-state index in [9.17, 15) is 18.0 Å². The highest BCUT2D eigenvalue weighted by molar-refractivity contribution is 6.31. The van der Waals surface area contributed by atoms with Crippen LogP contribution in [0.25, 0.3) is 0 Å². The average Bonchev–Trinajstić information content (AvgIpc) is 3.12. The Labute approximate surface area is 163 Å². The number of alkyl halides is 3. The Hall–Kier alpha value is -3.00. The van der Waals surface area contributed by atoms with Crippen LogP contribution in [0.1, 0.15) is 21.6 Å². The van der Waals surface area contributed by atoms with Gasteiger partial charge in [0.05, 0.1) is 5.56 Å². The topological polar surface area (TPSA) is 56.2 Å². The molecule has 0 unspecified atom stereocenters. The Balaban J connectivity index is 1.64. The van der Waals surface area contributed by atoms with Gasteiger partial charge in [-0.25, -0.2) is 4.68 Å². The Morgan fingerprint density at radius 3 is 2.75 bits per heavy atom. The summed E-state index contributed by atoms with van der Waals surface area (Å²) >= 11 is 5.93. The van der Waals surface area contributed by atoms with Crippen molar-refractivity contribution in [3.05, 3.63) is 76.6 Å². The number of ether oxygens (including phenoxy) is 1. The second kappa shape index (κ2) is 7.93. The van der Waals surface area contributed by atoms with Crippen LogP contribution in [0.5, 0.6) is 5.75 Å². The van der Waals surface area contributed by atoms with Crippen molar-refractivity contribution in [2.45, 2.75) is 19.8 Å². The maximum atomic E-state index is 12.7. The number of carbonyl (C=O) groups excluding carboxylic acids is 1. The van der Waals surface area contributed by atoms with E-state index in [1.807, 2.05) is 6.92 Å². The van der Waals surface area contributed by atoms with Crippen molar-refractivity contribution in [2.75, 3.05) is 5.32 Å². The number of carbonyl (C=O) groups is 1. The van der Waals surface area contributed by atoms with Gasteiger partial charge >= 0.3 is 6.18 Å². The first-order valence-electron chi connectivity index (χ1n) is 8.13. The molecule has 0 aliphatic carbocycles. The van der Waals surface area contributed by atoms with Crippen molar-refractivity contribution in [1.82, 2.24) is 9.78 Å². The van der Waals surface area contributed by atoms with E-state index in [2.05, 4.69) is 10.4 Å². The number of anilines is 1. The van der Waals surface area contributed by atoms with Gasteiger partial charge in [-0.1, -0.05) is 23.7 Å². The summed E-state index contributed by atoms with van der Waals surface area (Å²) in [6, 6.07) is 11.1. The fourth-order valence-electron chi connectivity index (χ4n) is 2.37. The first-order valence-corrected chi connectivity index (χ1v) is 8.51. The number of benzene rings is 2. The van der Waals surface area contributed by atoms with Gasteiger partial charge in [-0.05, 0) is 48.9 Å². The van der Waals surface area contributed by atoms with Crippen LogP contribution in [-0.2, 0) is 12.9 Å². The minimum absolute atomic E-state index is 0.0471. The van der Waals surface area contributed by atoms with Gasteiger partial charge in [0, 0.05) is 16.9 Å². The molecule has 0 fully saturated rings. The molecule has 0 radical (unpaired) electrons. The minimum Gasteiger partial charge on any atom is -0.471 e. The summed E-state index contributed by atoms with van der Waals surface area (Å²) in [6.07, 6.45) is -2.96. The number of aromatic nitrogens is 2. The second-order valence-electron chi connectivity index (χ2n) is 5.95. The first-order chi connectivity index (χ1) is 13.2. The zero-order valence-corrected chi connectivity index (χ0v) is 15.4. The van der Waals surface area contributed by atoms with E-state index in [4.69, 9.17) is 16.3 Å². The van der Waals surface area contributed by atoms with Crippen LogP contribution in [0.15, 0.2) is 54.7 Å². The molecule has 9 heteroatoms. The van der Waals surface area contributed by atoms with E-state index in [-0.39, 0.29) is 18.2 Å². The van der Waals surface area contributed by atoms with Gasteiger partial charge in [-0.15, -0.1) is 0 Å². The van der Waals surface area contributed by atoms with Crippen LogP contribution in [0, 0.1) is 6.92 Å². The number of hydrogen-bond acceptors (Lipinski definition) is 3. The molecule has 0 atom stereocenters. The SMILES string of the molecule is Cc1ccc(Cl)cc1NC(=O)c1ccn(COc2cccc(C(F)(F)F)c2)n1. The summed E-state index contributed by atoms with van der Waals surface area (Å²) in [5.41, 5.74) is 0.728. The molecule has 3 rings (SSSR count). The number of rotatable bonds is 5. The van der Waals surface area contributed by atoms with Crippen LogP contribution in [0.4, 0.5) is 18.9 Å². The fourth-order valence-corrected chi connectivity index (χ4v) is 2.54. The summed E-state index contributed by atoms with van der Waals surface area (Å²) < 4.78 is 44.8. The second-order valence-corrected chi connectivity index (χ2v) is 6.39. The molecule has 0 bridgehead atoms. The van der Waals surface area contributed by atoms with Crippen LogP contribution in [-0.4, -0.2) is 15.7 Å². The van der Waals surface area contributed by atoms with E-state index in [0.29, 0.717) is 10.7 Å². The normalized spacial score (nSPS) is 11.3. The van der Waals surface area contributed by atoms with Crippen molar-refractivity contribution in [1.29, 1.82) is 0 Å². The third-order valence-electron chi connectivity index (χ3n) is 3.85. The number of halogens is 4. The fraction of sp³-hybridized carbons (Fsp3) is 0.158. The Morgan fingerprint density at radius 2 is 2.00 bits per heavy atom. The van der Waals surface area contributed by atoms with Crippen LogP contribution in [0.3, 0.4) is 0 Å². The molecule has 0 aliphatic rings. The van der Waals surface area contributed by atoms with E-state index in [0.717, 1.165) is 17.7 Å².